The summed E-state index contributed by atoms with van der Waals surface area (Å²) in [4.78, 5) is 33.9. The summed E-state index contributed by atoms with van der Waals surface area (Å²) < 4.78 is 10.8. The lowest BCUT2D eigenvalue weighted by Gasteiger charge is -2.25. The SMILES string of the molecule is O=C(O)CNC(=O)COc1ccc(C2Cc3ccccc3C(=O)O2)cc1. The molecule has 0 radical (unpaired) electrons. The Labute approximate surface area is 149 Å². The molecule has 0 aliphatic carbocycles. The van der Waals surface area contributed by atoms with Gasteiger partial charge in [0, 0.05) is 6.42 Å². The van der Waals surface area contributed by atoms with Crippen molar-refractivity contribution in [2.75, 3.05) is 13.2 Å². The molecule has 2 aromatic carbocycles. The number of carboxylic acids is 1. The van der Waals surface area contributed by atoms with Crippen molar-refractivity contribution in [3.05, 3.63) is 65.2 Å². The molecule has 1 aliphatic rings. The Hall–Kier alpha value is -3.35. The normalized spacial score (nSPS) is 15.5. The minimum Gasteiger partial charge on any atom is -0.484 e. The van der Waals surface area contributed by atoms with E-state index in [1.165, 1.54) is 0 Å². The fraction of sp³-hybridized carbons (Fsp3) is 0.211. The van der Waals surface area contributed by atoms with Crippen molar-refractivity contribution in [1.29, 1.82) is 0 Å². The molecule has 1 aliphatic heterocycles. The Balaban J connectivity index is 1.59. The highest BCUT2D eigenvalue weighted by atomic mass is 16.5. The first kappa shape index (κ1) is 17.5. The second kappa shape index (κ2) is 7.69. The first-order valence-electron chi connectivity index (χ1n) is 8.03. The summed E-state index contributed by atoms with van der Waals surface area (Å²) in [5, 5.41) is 10.7. The maximum atomic E-state index is 12.1. The third kappa shape index (κ3) is 4.18. The number of benzene rings is 2. The Kier molecular flexibility index (Phi) is 5.17. The molecule has 1 amide bonds. The lowest BCUT2D eigenvalue weighted by molar-refractivity contribution is -0.138. The molecular formula is C19H17NO6. The summed E-state index contributed by atoms with van der Waals surface area (Å²) in [6.45, 7) is -0.728. The quantitative estimate of drug-likeness (QED) is 0.765. The summed E-state index contributed by atoms with van der Waals surface area (Å²) in [6, 6.07) is 14.3. The number of nitrogens with one attached hydrogen (secondary N) is 1. The van der Waals surface area contributed by atoms with Crippen molar-refractivity contribution >= 4 is 17.8 Å². The molecule has 0 fully saturated rings. The molecule has 0 aromatic heterocycles. The number of carbonyl (C=O) groups excluding carboxylic acids is 2. The predicted octanol–water partition coefficient (Wildman–Crippen LogP) is 1.72. The number of amides is 1. The molecule has 7 nitrogen and oxygen atoms in total. The average molecular weight is 355 g/mol. The van der Waals surface area contributed by atoms with Crippen LogP contribution in [0.4, 0.5) is 0 Å². The van der Waals surface area contributed by atoms with Gasteiger partial charge < -0.3 is 19.9 Å². The summed E-state index contributed by atoms with van der Waals surface area (Å²) in [6.07, 6.45) is 0.227. The lowest BCUT2D eigenvalue weighted by Crippen LogP contribution is -2.33. The van der Waals surface area contributed by atoms with Crippen LogP contribution < -0.4 is 10.1 Å². The third-order valence-corrected chi connectivity index (χ3v) is 3.95. The Morgan fingerprint density at radius 3 is 2.62 bits per heavy atom. The van der Waals surface area contributed by atoms with Crippen molar-refractivity contribution in [1.82, 2.24) is 5.32 Å². The zero-order valence-electron chi connectivity index (χ0n) is 13.8. The molecule has 26 heavy (non-hydrogen) atoms. The molecule has 0 saturated heterocycles. The van der Waals surface area contributed by atoms with Crippen LogP contribution >= 0.6 is 0 Å². The lowest BCUT2D eigenvalue weighted by atomic mass is 9.95. The van der Waals surface area contributed by atoms with Crippen LogP contribution in [0.15, 0.2) is 48.5 Å². The minimum absolute atomic E-state index is 0.279. The number of aliphatic carboxylic acids is 1. The van der Waals surface area contributed by atoms with Gasteiger partial charge in [0.2, 0.25) is 0 Å². The number of cyclic esters (lactones) is 1. The van der Waals surface area contributed by atoms with Gasteiger partial charge in [-0.2, -0.15) is 0 Å². The van der Waals surface area contributed by atoms with Crippen molar-refractivity contribution < 1.29 is 29.0 Å². The number of fused-ring (bicyclic) bond motifs is 1. The summed E-state index contributed by atoms with van der Waals surface area (Å²) in [5.74, 6) is -1.52. The van der Waals surface area contributed by atoms with Crippen LogP contribution in [0.3, 0.4) is 0 Å². The van der Waals surface area contributed by atoms with Gasteiger partial charge in [-0.3, -0.25) is 9.59 Å². The van der Waals surface area contributed by atoms with E-state index >= 15 is 0 Å². The third-order valence-electron chi connectivity index (χ3n) is 3.95. The highest BCUT2D eigenvalue weighted by Gasteiger charge is 2.26. The van der Waals surface area contributed by atoms with Gasteiger partial charge in [-0.25, -0.2) is 4.79 Å². The van der Waals surface area contributed by atoms with Gasteiger partial charge in [-0.05, 0) is 29.3 Å². The second-order valence-electron chi connectivity index (χ2n) is 5.78. The van der Waals surface area contributed by atoms with Crippen LogP contribution in [0.5, 0.6) is 5.75 Å². The van der Waals surface area contributed by atoms with E-state index in [1.807, 2.05) is 12.1 Å². The van der Waals surface area contributed by atoms with E-state index in [1.54, 1.807) is 36.4 Å². The van der Waals surface area contributed by atoms with Crippen LogP contribution in [0.25, 0.3) is 0 Å². The largest absolute Gasteiger partial charge is 0.484 e. The number of carboxylic acid groups (broad SMARTS) is 1. The standard InChI is InChI=1S/C19H17NO6/c21-17(20-10-18(22)23)11-25-14-7-5-12(6-8-14)16-9-13-3-1-2-4-15(13)19(24)26-16/h1-8,16H,9-11H2,(H,20,21)(H,22,23). The van der Waals surface area contributed by atoms with Crippen LogP contribution in [0, 0.1) is 0 Å². The Morgan fingerprint density at radius 2 is 1.88 bits per heavy atom. The Morgan fingerprint density at radius 1 is 1.15 bits per heavy atom. The van der Waals surface area contributed by atoms with Gasteiger partial charge in [0.1, 0.15) is 18.4 Å². The molecule has 7 heteroatoms. The van der Waals surface area contributed by atoms with Crippen LogP contribution in [-0.2, 0) is 20.7 Å². The fourth-order valence-electron chi connectivity index (χ4n) is 2.67. The molecule has 0 saturated carbocycles. The first-order valence-corrected chi connectivity index (χ1v) is 8.03. The molecule has 3 rings (SSSR count). The van der Waals surface area contributed by atoms with Gasteiger partial charge in [-0.1, -0.05) is 30.3 Å². The molecule has 134 valence electrons. The summed E-state index contributed by atoms with van der Waals surface area (Å²) in [5.41, 5.74) is 2.37. The Bertz CT molecular complexity index is 830. The first-order chi connectivity index (χ1) is 12.5. The number of hydrogen-bond acceptors (Lipinski definition) is 5. The molecule has 0 spiro atoms. The number of ether oxygens (including phenoxy) is 2. The van der Waals surface area contributed by atoms with Gasteiger partial charge >= 0.3 is 11.9 Å². The molecular weight excluding hydrogens is 338 g/mol. The fourth-order valence-corrected chi connectivity index (χ4v) is 2.67. The summed E-state index contributed by atoms with van der Waals surface area (Å²) in [7, 11) is 0. The van der Waals surface area contributed by atoms with Crippen LogP contribution in [0.2, 0.25) is 0 Å². The molecule has 1 unspecified atom stereocenters. The second-order valence-corrected chi connectivity index (χ2v) is 5.78. The molecule has 1 heterocycles. The van der Waals surface area contributed by atoms with E-state index in [-0.39, 0.29) is 18.7 Å². The van der Waals surface area contributed by atoms with Gasteiger partial charge in [0.05, 0.1) is 5.56 Å². The van der Waals surface area contributed by atoms with Gasteiger partial charge in [0.15, 0.2) is 6.61 Å². The molecule has 1 atom stereocenters. The smallest absolute Gasteiger partial charge is 0.339 e. The summed E-state index contributed by atoms with van der Waals surface area (Å²) >= 11 is 0. The number of hydrogen-bond donors (Lipinski definition) is 2. The van der Waals surface area contributed by atoms with Gasteiger partial charge in [0.25, 0.3) is 5.91 Å². The highest BCUT2D eigenvalue weighted by Crippen LogP contribution is 2.31. The molecule has 2 N–H and O–H groups in total. The average Bonchev–Trinajstić information content (AvgIpc) is 2.65. The topological polar surface area (TPSA) is 102 Å². The van der Waals surface area contributed by atoms with E-state index < -0.39 is 18.4 Å². The predicted molar refractivity (Wildman–Crippen MR) is 90.9 cm³/mol. The van der Waals surface area contributed by atoms with E-state index in [0.29, 0.717) is 17.7 Å². The van der Waals surface area contributed by atoms with Crippen molar-refractivity contribution in [3.8, 4) is 5.75 Å². The highest BCUT2D eigenvalue weighted by molar-refractivity contribution is 5.92. The van der Waals surface area contributed by atoms with Crippen molar-refractivity contribution in [2.24, 2.45) is 0 Å². The number of rotatable bonds is 6. The van der Waals surface area contributed by atoms with E-state index in [2.05, 4.69) is 5.32 Å². The van der Waals surface area contributed by atoms with E-state index in [9.17, 15) is 14.4 Å². The maximum absolute atomic E-state index is 12.1. The van der Waals surface area contributed by atoms with Crippen molar-refractivity contribution in [2.45, 2.75) is 12.5 Å². The molecule has 0 bridgehead atoms. The van der Waals surface area contributed by atoms with E-state index in [0.717, 1.165) is 11.1 Å². The molecule has 2 aromatic rings. The number of carbonyl (C=O) groups is 3. The zero-order valence-corrected chi connectivity index (χ0v) is 13.8. The van der Waals surface area contributed by atoms with Crippen LogP contribution in [-0.4, -0.2) is 36.1 Å². The maximum Gasteiger partial charge on any atom is 0.339 e. The minimum atomic E-state index is -1.12. The monoisotopic (exact) mass is 355 g/mol. The number of esters is 1. The van der Waals surface area contributed by atoms with Crippen LogP contribution in [0.1, 0.15) is 27.6 Å². The van der Waals surface area contributed by atoms with Gasteiger partial charge in [-0.15, -0.1) is 0 Å². The van der Waals surface area contributed by atoms with E-state index in [4.69, 9.17) is 14.6 Å². The van der Waals surface area contributed by atoms with Crippen molar-refractivity contribution in [3.63, 3.8) is 0 Å². The zero-order chi connectivity index (χ0) is 18.5.